The number of aliphatic carboxylic acids is 1. The van der Waals surface area contributed by atoms with Crippen LogP contribution in [0.15, 0.2) is 23.8 Å². The number of carbonyl (C=O) groups excluding carboxylic acids is 1. The Hall–Kier alpha value is -2.81. The molecule has 1 aliphatic rings. The normalized spacial score (nSPS) is 15.4. The number of anilines is 1. The molecule has 0 radical (unpaired) electrons. The average Bonchev–Trinajstić information content (AvgIpc) is 2.66. The van der Waals surface area contributed by atoms with E-state index < -0.39 is 17.4 Å². The number of nitrogens with zero attached hydrogens (tertiary/aromatic N) is 1. The number of amides is 1. The predicted octanol–water partition coefficient (Wildman–Crippen LogP) is 1.01. The second-order valence-corrected chi connectivity index (χ2v) is 3.53. The summed E-state index contributed by atoms with van der Waals surface area (Å²) in [5, 5.41) is 20.2. The van der Waals surface area contributed by atoms with Gasteiger partial charge in [-0.3, -0.25) is 4.79 Å². The Morgan fingerprint density at radius 2 is 2.22 bits per heavy atom. The molecule has 0 aromatic heterocycles. The molecule has 6 nitrogen and oxygen atoms in total. The Labute approximate surface area is 102 Å². The number of hydrogen-bond acceptors (Lipinski definition) is 4. The van der Waals surface area contributed by atoms with Crippen molar-refractivity contribution in [3.63, 3.8) is 0 Å². The van der Waals surface area contributed by atoms with Crippen LogP contribution in [0.1, 0.15) is 5.56 Å². The van der Waals surface area contributed by atoms with Crippen LogP contribution in [-0.2, 0) is 9.59 Å². The molecular formula is C12H8N2O4. The molecule has 1 heterocycles. The summed E-state index contributed by atoms with van der Waals surface area (Å²) in [6, 6.07) is 6.27. The van der Waals surface area contributed by atoms with Crippen molar-refractivity contribution in [3.05, 3.63) is 29.3 Å². The largest absolute Gasteiger partial charge is 0.497 e. The molecular weight excluding hydrogens is 236 g/mol. The number of carboxylic acids is 1. The number of carbonyl (C=O) groups is 2. The topological polar surface area (TPSA) is 99.4 Å². The number of methoxy groups -OCH3 is 1. The van der Waals surface area contributed by atoms with Crippen molar-refractivity contribution in [3.8, 4) is 11.8 Å². The van der Waals surface area contributed by atoms with Crippen LogP contribution in [0, 0.1) is 11.3 Å². The first-order valence-corrected chi connectivity index (χ1v) is 4.96. The zero-order valence-electron chi connectivity index (χ0n) is 9.35. The molecule has 6 heteroatoms. The van der Waals surface area contributed by atoms with Gasteiger partial charge < -0.3 is 15.2 Å². The van der Waals surface area contributed by atoms with E-state index >= 15 is 0 Å². The van der Waals surface area contributed by atoms with Crippen molar-refractivity contribution in [1.29, 1.82) is 5.26 Å². The number of rotatable bonds is 2. The van der Waals surface area contributed by atoms with Crippen molar-refractivity contribution in [2.75, 3.05) is 12.4 Å². The SMILES string of the molecule is COc1ccc2c(c1)/C(=C(/C#N)C(=O)O)C(=O)N2. The molecule has 0 unspecified atom stereocenters. The second kappa shape index (κ2) is 4.22. The molecule has 0 saturated carbocycles. The lowest BCUT2D eigenvalue weighted by molar-refractivity contribution is -0.132. The lowest BCUT2D eigenvalue weighted by Gasteiger charge is -2.03. The molecule has 1 aliphatic heterocycles. The van der Waals surface area contributed by atoms with Crippen LogP contribution in [-0.4, -0.2) is 24.1 Å². The van der Waals surface area contributed by atoms with Gasteiger partial charge in [-0.25, -0.2) is 4.79 Å². The number of nitriles is 1. The number of fused-ring (bicyclic) bond motifs is 1. The zero-order chi connectivity index (χ0) is 13.3. The Bertz CT molecular complexity index is 625. The first kappa shape index (κ1) is 11.7. The fraction of sp³-hybridized carbons (Fsp3) is 0.0833. The first-order valence-electron chi connectivity index (χ1n) is 4.96. The van der Waals surface area contributed by atoms with Crippen molar-refractivity contribution >= 4 is 23.1 Å². The molecule has 0 spiro atoms. The first-order chi connectivity index (χ1) is 8.58. The maximum Gasteiger partial charge on any atom is 0.347 e. The van der Waals surface area contributed by atoms with Gasteiger partial charge in [0.15, 0.2) is 5.57 Å². The third-order valence-corrected chi connectivity index (χ3v) is 2.55. The van der Waals surface area contributed by atoms with Gasteiger partial charge in [-0.2, -0.15) is 5.26 Å². The van der Waals surface area contributed by atoms with E-state index in [0.29, 0.717) is 17.0 Å². The number of nitrogens with one attached hydrogen (secondary N) is 1. The van der Waals surface area contributed by atoms with Crippen LogP contribution < -0.4 is 10.1 Å². The minimum Gasteiger partial charge on any atom is -0.497 e. The summed E-state index contributed by atoms with van der Waals surface area (Å²) >= 11 is 0. The molecule has 0 atom stereocenters. The van der Waals surface area contributed by atoms with Gasteiger partial charge in [-0.15, -0.1) is 0 Å². The fourth-order valence-corrected chi connectivity index (χ4v) is 1.73. The van der Waals surface area contributed by atoms with Crippen molar-refractivity contribution < 1.29 is 19.4 Å². The van der Waals surface area contributed by atoms with E-state index in [0.717, 1.165) is 0 Å². The van der Waals surface area contributed by atoms with Gasteiger partial charge in [0.2, 0.25) is 0 Å². The molecule has 0 bridgehead atoms. The van der Waals surface area contributed by atoms with E-state index in [4.69, 9.17) is 15.1 Å². The van der Waals surface area contributed by atoms with Gasteiger partial charge in [0, 0.05) is 11.3 Å². The van der Waals surface area contributed by atoms with E-state index in [9.17, 15) is 9.59 Å². The summed E-state index contributed by atoms with van der Waals surface area (Å²) in [4.78, 5) is 22.6. The highest BCUT2D eigenvalue weighted by Gasteiger charge is 2.30. The standard InChI is InChI=1S/C12H8N2O4/c1-18-6-2-3-9-7(4-6)10(11(15)14-9)8(5-13)12(16)17/h2-4H,1H3,(H,14,15)(H,16,17)/b10-8+. The van der Waals surface area contributed by atoms with Gasteiger partial charge in [0.05, 0.1) is 12.7 Å². The third-order valence-electron chi connectivity index (χ3n) is 2.55. The van der Waals surface area contributed by atoms with Gasteiger partial charge in [-0.1, -0.05) is 0 Å². The summed E-state index contributed by atoms with van der Waals surface area (Å²) in [5.41, 5.74) is 0.0986. The van der Waals surface area contributed by atoms with Gasteiger partial charge in [-0.05, 0) is 18.2 Å². The Kier molecular flexibility index (Phi) is 2.73. The third kappa shape index (κ3) is 1.68. The van der Waals surface area contributed by atoms with E-state index in [2.05, 4.69) is 5.32 Å². The van der Waals surface area contributed by atoms with Crippen molar-refractivity contribution in [1.82, 2.24) is 0 Å². The summed E-state index contributed by atoms with van der Waals surface area (Å²) in [5.74, 6) is -1.55. The van der Waals surface area contributed by atoms with Gasteiger partial charge in [0.1, 0.15) is 11.8 Å². The maximum absolute atomic E-state index is 11.7. The highest BCUT2D eigenvalue weighted by molar-refractivity contribution is 6.35. The van der Waals surface area contributed by atoms with Crippen LogP contribution in [0.3, 0.4) is 0 Å². The summed E-state index contributed by atoms with van der Waals surface area (Å²) in [6.45, 7) is 0. The highest BCUT2D eigenvalue weighted by Crippen LogP contribution is 2.36. The van der Waals surface area contributed by atoms with Crippen LogP contribution in [0.25, 0.3) is 5.57 Å². The second-order valence-electron chi connectivity index (χ2n) is 3.53. The van der Waals surface area contributed by atoms with Crippen molar-refractivity contribution in [2.45, 2.75) is 0 Å². The average molecular weight is 244 g/mol. The van der Waals surface area contributed by atoms with Crippen LogP contribution in [0.2, 0.25) is 0 Å². The smallest absolute Gasteiger partial charge is 0.347 e. The quantitative estimate of drug-likeness (QED) is 0.597. The van der Waals surface area contributed by atoms with Gasteiger partial charge in [0.25, 0.3) is 5.91 Å². The van der Waals surface area contributed by atoms with Crippen LogP contribution in [0.4, 0.5) is 5.69 Å². The Balaban J connectivity index is 2.71. The lowest BCUT2D eigenvalue weighted by atomic mass is 10.0. The Morgan fingerprint density at radius 1 is 1.50 bits per heavy atom. The van der Waals surface area contributed by atoms with E-state index in [-0.39, 0.29) is 5.57 Å². The molecule has 2 N–H and O–H groups in total. The zero-order valence-corrected chi connectivity index (χ0v) is 9.35. The molecule has 0 fully saturated rings. The monoisotopic (exact) mass is 244 g/mol. The molecule has 0 aliphatic carbocycles. The Morgan fingerprint density at radius 3 is 2.78 bits per heavy atom. The number of ether oxygens (including phenoxy) is 1. The molecule has 1 aromatic rings. The van der Waals surface area contributed by atoms with Gasteiger partial charge >= 0.3 is 5.97 Å². The molecule has 1 aromatic carbocycles. The predicted molar refractivity (Wildman–Crippen MR) is 61.8 cm³/mol. The number of carboxylic acid groups (broad SMARTS) is 1. The van der Waals surface area contributed by atoms with Crippen LogP contribution >= 0.6 is 0 Å². The van der Waals surface area contributed by atoms with Crippen molar-refractivity contribution in [2.24, 2.45) is 0 Å². The summed E-state index contributed by atoms with van der Waals surface area (Å²) in [6.07, 6.45) is 0. The molecule has 2 rings (SSSR count). The van der Waals surface area contributed by atoms with E-state index in [1.165, 1.54) is 19.2 Å². The molecule has 0 saturated heterocycles. The maximum atomic E-state index is 11.7. The minimum absolute atomic E-state index is 0.140. The number of hydrogen-bond donors (Lipinski definition) is 2. The highest BCUT2D eigenvalue weighted by atomic mass is 16.5. The summed E-state index contributed by atoms with van der Waals surface area (Å²) in [7, 11) is 1.46. The molecule has 90 valence electrons. The molecule has 1 amide bonds. The number of benzene rings is 1. The van der Waals surface area contributed by atoms with Crippen LogP contribution in [0.5, 0.6) is 5.75 Å². The van der Waals surface area contributed by atoms with E-state index in [1.807, 2.05) is 0 Å². The fourth-order valence-electron chi connectivity index (χ4n) is 1.73. The lowest BCUT2D eigenvalue weighted by Crippen LogP contribution is -2.09. The summed E-state index contributed by atoms with van der Waals surface area (Å²) < 4.78 is 5.00. The molecule has 18 heavy (non-hydrogen) atoms. The minimum atomic E-state index is -1.43. The van der Waals surface area contributed by atoms with E-state index in [1.54, 1.807) is 12.1 Å².